The summed E-state index contributed by atoms with van der Waals surface area (Å²) < 4.78 is 1.64. The molecule has 1 aromatic carbocycles. The fraction of sp³-hybridized carbons (Fsp3) is 0.429. The van der Waals surface area contributed by atoms with E-state index in [9.17, 15) is 14.4 Å². The lowest BCUT2D eigenvalue weighted by molar-refractivity contribution is -0.120. The van der Waals surface area contributed by atoms with Crippen LogP contribution in [0.1, 0.15) is 59.4 Å². The molecule has 2 amide bonds. The monoisotopic (exact) mass is 504 g/mol. The smallest absolute Gasteiger partial charge is 0.256 e. The summed E-state index contributed by atoms with van der Waals surface area (Å²) in [6, 6.07) is 9.95. The molecular weight excluding hydrogens is 468 g/mol. The van der Waals surface area contributed by atoms with Crippen molar-refractivity contribution in [3.63, 3.8) is 0 Å². The second-order valence-corrected chi connectivity index (χ2v) is 9.71. The number of nitrogens with zero attached hydrogens (tertiary/aromatic N) is 3. The number of fused-ring (bicyclic) bond motifs is 1. The van der Waals surface area contributed by atoms with Gasteiger partial charge in [0.15, 0.2) is 0 Å². The molecule has 1 atom stereocenters. The number of amides is 2. The summed E-state index contributed by atoms with van der Waals surface area (Å²) in [5.74, 6) is -0.774. The van der Waals surface area contributed by atoms with Crippen molar-refractivity contribution in [3.8, 4) is 0 Å². The maximum atomic E-state index is 12.8. The van der Waals surface area contributed by atoms with E-state index in [2.05, 4.69) is 17.1 Å². The molecule has 0 saturated carbocycles. The van der Waals surface area contributed by atoms with Crippen molar-refractivity contribution in [2.75, 3.05) is 25.4 Å². The second kappa shape index (κ2) is 11.1. The fourth-order valence-electron chi connectivity index (χ4n) is 5.31. The van der Waals surface area contributed by atoms with Gasteiger partial charge in [-0.25, -0.2) is 4.98 Å². The van der Waals surface area contributed by atoms with Crippen molar-refractivity contribution in [2.24, 2.45) is 5.73 Å². The van der Waals surface area contributed by atoms with E-state index in [0.717, 1.165) is 41.9 Å². The van der Waals surface area contributed by atoms with Crippen molar-refractivity contribution >= 4 is 28.7 Å². The Balaban J connectivity index is 1.49. The molecule has 9 heteroatoms. The molecule has 1 aliphatic heterocycles. The predicted octanol–water partition coefficient (Wildman–Crippen LogP) is 2.14. The SMILES string of the molecule is CCN1CCCC1CNC(=O)Cc1ccc(Cc2ccc3c(=O)c(C(N)=O)c(N)n(CC)c3n2)c(C)c1. The molecule has 1 fully saturated rings. The van der Waals surface area contributed by atoms with Crippen molar-refractivity contribution < 1.29 is 9.59 Å². The van der Waals surface area contributed by atoms with Crippen LogP contribution in [0.15, 0.2) is 35.1 Å². The minimum atomic E-state index is -0.846. The van der Waals surface area contributed by atoms with E-state index in [0.29, 0.717) is 43.0 Å². The van der Waals surface area contributed by atoms with E-state index in [4.69, 9.17) is 16.5 Å². The zero-order valence-corrected chi connectivity index (χ0v) is 21.8. The van der Waals surface area contributed by atoms with Gasteiger partial charge in [0.25, 0.3) is 5.91 Å². The quantitative estimate of drug-likeness (QED) is 0.408. The van der Waals surface area contributed by atoms with E-state index in [1.54, 1.807) is 16.7 Å². The molecule has 1 saturated heterocycles. The number of nitrogens with one attached hydrogen (secondary N) is 1. The van der Waals surface area contributed by atoms with Gasteiger partial charge in [-0.1, -0.05) is 25.1 Å². The highest BCUT2D eigenvalue weighted by Gasteiger charge is 2.23. The summed E-state index contributed by atoms with van der Waals surface area (Å²) in [6.07, 6.45) is 3.23. The van der Waals surface area contributed by atoms with E-state index < -0.39 is 11.3 Å². The first-order valence-corrected chi connectivity index (χ1v) is 12.9. The lowest BCUT2D eigenvalue weighted by Gasteiger charge is -2.22. The summed E-state index contributed by atoms with van der Waals surface area (Å²) in [5.41, 5.74) is 15.1. The number of carbonyl (C=O) groups excluding carboxylic acids is 2. The first-order chi connectivity index (χ1) is 17.7. The van der Waals surface area contributed by atoms with Gasteiger partial charge >= 0.3 is 0 Å². The Labute approximate surface area is 216 Å². The van der Waals surface area contributed by atoms with Crippen LogP contribution in [0.4, 0.5) is 5.82 Å². The molecule has 9 nitrogen and oxygen atoms in total. The molecule has 2 aromatic heterocycles. The van der Waals surface area contributed by atoms with Gasteiger partial charge < -0.3 is 21.4 Å². The van der Waals surface area contributed by atoms with E-state index in [1.165, 1.54) is 6.42 Å². The molecular formula is C28H36N6O3. The van der Waals surface area contributed by atoms with Gasteiger partial charge in [-0.2, -0.15) is 0 Å². The molecule has 5 N–H and O–H groups in total. The third-order valence-electron chi connectivity index (χ3n) is 7.35. The van der Waals surface area contributed by atoms with Crippen LogP contribution in [0, 0.1) is 6.92 Å². The molecule has 3 heterocycles. The zero-order chi connectivity index (χ0) is 26.7. The number of nitrogens with two attached hydrogens (primary N) is 2. The highest BCUT2D eigenvalue weighted by atomic mass is 16.2. The number of primary amides is 1. The Kier molecular flexibility index (Phi) is 7.92. The summed E-state index contributed by atoms with van der Waals surface area (Å²) in [6.45, 7) is 9.32. The minimum absolute atomic E-state index is 0.0336. The summed E-state index contributed by atoms with van der Waals surface area (Å²) in [5, 5.41) is 3.41. The van der Waals surface area contributed by atoms with E-state index in [1.807, 2.05) is 32.0 Å². The van der Waals surface area contributed by atoms with Gasteiger partial charge in [0, 0.05) is 31.2 Å². The predicted molar refractivity (Wildman–Crippen MR) is 146 cm³/mol. The standard InChI is InChI=1S/C28H36N6O3/c1-4-33-12-6-7-21(33)16-31-23(35)14-18-8-9-19(17(3)13-18)15-20-10-11-22-25(36)24(27(30)37)26(29)34(5-2)28(22)32-20/h8-11,13,21H,4-7,12,14-16,29H2,1-3H3,(H2,30,37)(H,31,35). The van der Waals surface area contributed by atoms with Crippen molar-refractivity contribution in [3.05, 3.63) is 68.5 Å². The van der Waals surface area contributed by atoms with Crippen LogP contribution >= 0.6 is 0 Å². The van der Waals surface area contributed by atoms with Crippen LogP contribution in [0.2, 0.25) is 0 Å². The molecule has 4 rings (SSSR count). The normalized spacial score (nSPS) is 15.8. The lowest BCUT2D eigenvalue weighted by Crippen LogP contribution is -2.40. The number of aromatic nitrogens is 2. The highest BCUT2D eigenvalue weighted by Crippen LogP contribution is 2.21. The number of rotatable bonds is 9. The largest absolute Gasteiger partial charge is 0.384 e. The summed E-state index contributed by atoms with van der Waals surface area (Å²) >= 11 is 0. The fourth-order valence-corrected chi connectivity index (χ4v) is 5.31. The topological polar surface area (TPSA) is 136 Å². The maximum Gasteiger partial charge on any atom is 0.256 e. The third-order valence-corrected chi connectivity index (χ3v) is 7.35. The van der Waals surface area contributed by atoms with Crippen molar-refractivity contribution in [2.45, 2.75) is 59.0 Å². The zero-order valence-electron chi connectivity index (χ0n) is 21.8. The van der Waals surface area contributed by atoms with Crippen LogP contribution in [-0.4, -0.2) is 51.9 Å². The number of aryl methyl sites for hydroxylation is 2. The molecule has 1 unspecified atom stereocenters. The molecule has 0 aliphatic carbocycles. The average Bonchev–Trinajstić information content (AvgIpc) is 3.32. The van der Waals surface area contributed by atoms with E-state index in [-0.39, 0.29) is 17.3 Å². The van der Waals surface area contributed by atoms with Crippen LogP contribution in [-0.2, 0) is 24.2 Å². The number of pyridine rings is 2. The first kappa shape index (κ1) is 26.3. The average molecular weight is 505 g/mol. The lowest BCUT2D eigenvalue weighted by atomic mass is 9.99. The van der Waals surface area contributed by atoms with Gasteiger partial charge in [0.2, 0.25) is 11.3 Å². The maximum absolute atomic E-state index is 12.8. The molecule has 0 bridgehead atoms. The number of hydrogen-bond acceptors (Lipinski definition) is 6. The van der Waals surface area contributed by atoms with Gasteiger partial charge in [0.1, 0.15) is 17.0 Å². The molecule has 3 aromatic rings. The molecule has 0 radical (unpaired) electrons. The summed E-state index contributed by atoms with van der Waals surface area (Å²) in [4.78, 5) is 44.3. The van der Waals surface area contributed by atoms with Gasteiger partial charge in [-0.05, 0) is 68.6 Å². The van der Waals surface area contributed by atoms with Crippen LogP contribution in [0.3, 0.4) is 0 Å². The number of benzene rings is 1. The van der Waals surface area contributed by atoms with Gasteiger partial charge in [-0.15, -0.1) is 0 Å². The minimum Gasteiger partial charge on any atom is -0.384 e. The van der Waals surface area contributed by atoms with Crippen LogP contribution in [0.5, 0.6) is 0 Å². The van der Waals surface area contributed by atoms with Crippen LogP contribution in [0.25, 0.3) is 11.0 Å². The Hall–Kier alpha value is -3.72. The van der Waals surface area contributed by atoms with Crippen LogP contribution < -0.4 is 22.2 Å². The third kappa shape index (κ3) is 5.51. The Morgan fingerprint density at radius 3 is 2.62 bits per heavy atom. The first-order valence-electron chi connectivity index (χ1n) is 12.9. The Morgan fingerprint density at radius 1 is 1.16 bits per heavy atom. The number of likely N-dealkylation sites (tertiary alicyclic amines) is 1. The van der Waals surface area contributed by atoms with Crippen molar-refractivity contribution in [1.29, 1.82) is 0 Å². The second-order valence-electron chi connectivity index (χ2n) is 9.71. The molecule has 0 spiro atoms. The molecule has 196 valence electrons. The van der Waals surface area contributed by atoms with Crippen molar-refractivity contribution in [1.82, 2.24) is 19.8 Å². The highest BCUT2D eigenvalue weighted by molar-refractivity contribution is 6.00. The Bertz CT molecular complexity index is 1400. The van der Waals surface area contributed by atoms with E-state index >= 15 is 0 Å². The molecule has 1 aliphatic rings. The number of hydrogen-bond donors (Lipinski definition) is 3. The number of nitrogen functional groups attached to an aromatic ring is 1. The molecule has 37 heavy (non-hydrogen) atoms. The summed E-state index contributed by atoms with van der Waals surface area (Å²) in [7, 11) is 0. The Morgan fingerprint density at radius 2 is 1.95 bits per heavy atom. The van der Waals surface area contributed by atoms with Gasteiger partial charge in [0.05, 0.1) is 11.8 Å². The number of anilines is 1. The number of likely N-dealkylation sites (N-methyl/N-ethyl adjacent to an activating group) is 1. The number of carbonyl (C=O) groups is 2. The van der Waals surface area contributed by atoms with Gasteiger partial charge in [-0.3, -0.25) is 19.3 Å².